The minimum Gasteiger partial charge on any atom is -0.469 e. The number of esters is 5. The van der Waals surface area contributed by atoms with Crippen molar-refractivity contribution in [2.45, 2.75) is 37.8 Å². The highest BCUT2D eigenvalue weighted by Crippen LogP contribution is 2.05. The van der Waals surface area contributed by atoms with Crippen LogP contribution in [0.5, 0.6) is 0 Å². The van der Waals surface area contributed by atoms with E-state index in [0.29, 0.717) is 45.8 Å². The first-order valence-electron chi connectivity index (χ1n) is 19.1. The Morgan fingerprint density at radius 3 is 1.22 bits per heavy atom. The quantitative estimate of drug-likeness (QED) is 0.0410. The van der Waals surface area contributed by atoms with Gasteiger partial charge in [0, 0.05) is 72.1 Å². The molecule has 22 nitrogen and oxygen atoms in total. The Labute approximate surface area is 340 Å². The van der Waals surface area contributed by atoms with Crippen LogP contribution in [0.3, 0.4) is 0 Å². The molecule has 1 aliphatic heterocycles. The molecule has 4 N–H and O–H groups in total. The van der Waals surface area contributed by atoms with Crippen LogP contribution in [-0.4, -0.2) is 227 Å². The molecule has 22 heteroatoms. The Balaban J connectivity index is 3.18. The molecule has 0 aromatic carbocycles. The molecule has 0 spiro atoms. The van der Waals surface area contributed by atoms with Crippen molar-refractivity contribution in [1.82, 2.24) is 40.9 Å². The van der Waals surface area contributed by atoms with Crippen molar-refractivity contribution in [3.05, 3.63) is 0 Å². The number of carbonyl (C=O) groups is 8. The Kier molecular flexibility index (Phi) is 27.2. The second-order valence-corrected chi connectivity index (χ2v) is 13.3. The number of hydrogen-bond donors (Lipinski definition) is 4. The zero-order chi connectivity index (χ0) is 43.3. The molecule has 0 aromatic rings. The Hall–Kier alpha value is -4.48. The predicted octanol–water partition coefficient (Wildman–Crippen LogP) is -4.04. The molecule has 0 radical (unpaired) electrons. The zero-order valence-corrected chi connectivity index (χ0v) is 34.8. The molecule has 0 aromatic heterocycles. The fourth-order valence-electron chi connectivity index (χ4n) is 5.55. The summed E-state index contributed by atoms with van der Waals surface area (Å²) in [6, 6.07) is -2.90. The molecule has 1 heterocycles. The van der Waals surface area contributed by atoms with Crippen LogP contribution < -0.4 is 21.3 Å². The first kappa shape index (κ1) is 51.5. The summed E-state index contributed by atoms with van der Waals surface area (Å²) in [4.78, 5) is 109. The lowest BCUT2D eigenvalue weighted by molar-refractivity contribution is -0.146. The van der Waals surface area contributed by atoms with Crippen molar-refractivity contribution >= 4 is 47.6 Å². The number of nitrogens with zero attached hydrogens (tertiary/aromatic N) is 4. The van der Waals surface area contributed by atoms with E-state index in [1.54, 1.807) is 4.90 Å². The van der Waals surface area contributed by atoms with Gasteiger partial charge in [0.1, 0.15) is 12.1 Å². The number of amides is 3. The maximum Gasteiger partial charge on any atom is 0.319 e. The number of methoxy groups -OCH3 is 5. The normalized spacial score (nSPS) is 16.0. The van der Waals surface area contributed by atoms with E-state index in [4.69, 9.17) is 28.4 Å². The van der Waals surface area contributed by atoms with Gasteiger partial charge >= 0.3 is 29.8 Å². The smallest absolute Gasteiger partial charge is 0.319 e. The molecule has 1 rings (SSSR count). The highest BCUT2D eigenvalue weighted by molar-refractivity contribution is 5.95. The van der Waals surface area contributed by atoms with Crippen LogP contribution in [0.1, 0.15) is 25.7 Å². The zero-order valence-electron chi connectivity index (χ0n) is 34.8. The molecular weight excluding hydrogens is 768 g/mol. The van der Waals surface area contributed by atoms with E-state index in [1.807, 2.05) is 21.7 Å². The van der Waals surface area contributed by atoms with Gasteiger partial charge < -0.3 is 49.7 Å². The summed E-state index contributed by atoms with van der Waals surface area (Å²) < 4.78 is 29.6. The maximum absolute atomic E-state index is 13.6. The van der Waals surface area contributed by atoms with Crippen molar-refractivity contribution < 1.29 is 66.8 Å². The van der Waals surface area contributed by atoms with Crippen molar-refractivity contribution in [3.63, 3.8) is 0 Å². The van der Waals surface area contributed by atoms with Crippen LogP contribution in [0.4, 0.5) is 0 Å². The fraction of sp³-hybridized carbons (Fsp3) is 0.778. The second-order valence-electron chi connectivity index (χ2n) is 13.3. The van der Waals surface area contributed by atoms with E-state index < -0.39 is 72.5 Å². The molecule has 58 heavy (non-hydrogen) atoms. The minimum absolute atomic E-state index is 0.0115. The van der Waals surface area contributed by atoms with E-state index in [-0.39, 0.29) is 58.9 Å². The van der Waals surface area contributed by atoms with E-state index in [9.17, 15) is 38.4 Å². The average molecular weight is 833 g/mol. The molecule has 1 saturated heterocycles. The standard InChI is InChI=1S/C36H64N8O14/c1-37-9-7-19-58-20-8-10-38-35(51)27(21-30(46)53-2)40-36(52)28(22-31(47)54-3)39-29(45)23-41-11-13-42(24-32(48)55-4)15-17-44(26-34(50)57-6)18-16-43(14-12-41)25-33(49)56-5/h27-28,37H,7-26H2,1-6H3,(H,38,51)(H,39,45)(H,40,52)/t27-,28-/m1/s1. The minimum atomic E-state index is -1.50. The van der Waals surface area contributed by atoms with Gasteiger partial charge in [-0.15, -0.1) is 0 Å². The number of ether oxygens (including phenoxy) is 6. The maximum atomic E-state index is 13.6. The summed E-state index contributed by atoms with van der Waals surface area (Å²) in [5.41, 5.74) is 0. The van der Waals surface area contributed by atoms with Gasteiger partial charge in [-0.1, -0.05) is 0 Å². The lowest BCUT2D eigenvalue weighted by Gasteiger charge is -2.33. The van der Waals surface area contributed by atoms with Crippen LogP contribution in [-0.2, 0) is 66.8 Å². The molecule has 2 atom stereocenters. The number of carbonyl (C=O) groups excluding carboxylic acids is 8. The molecule has 0 unspecified atom stereocenters. The van der Waals surface area contributed by atoms with Gasteiger partial charge in [-0.3, -0.25) is 58.0 Å². The van der Waals surface area contributed by atoms with Gasteiger partial charge in [-0.2, -0.15) is 0 Å². The van der Waals surface area contributed by atoms with Gasteiger partial charge in [0.25, 0.3) is 0 Å². The first-order chi connectivity index (χ1) is 27.8. The summed E-state index contributed by atoms with van der Waals surface area (Å²) in [5.74, 6) is -5.29. The molecule has 0 aliphatic carbocycles. The van der Waals surface area contributed by atoms with E-state index in [2.05, 4.69) is 21.3 Å². The predicted molar refractivity (Wildman–Crippen MR) is 206 cm³/mol. The third-order valence-corrected chi connectivity index (χ3v) is 9.00. The van der Waals surface area contributed by atoms with Gasteiger partial charge in [-0.25, -0.2) is 0 Å². The summed E-state index contributed by atoms with van der Waals surface area (Å²) in [5, 5.41) is 10.7. The van der Waals surface area contributed by atoms with Crippen LogP contribution in [0, 0.1) is 0 Å². The van der Waals surface area contributed by atoms with Crippen molar-refractivity contribution in [1.29, 1.82) is 0 Å². The van der Waals surface area contributed by atoms with Crippen molar-refractivity contribution in [3.8, 4) is 0 Å². The third-order valence-electron chi connectivity index (χ3n) is 9.00. The molecular formula is C36H64N8O14. The average Bonchev–Trinajstić information content (AvgIpc) is 3.21. The highest BCUT2D eigenvalue weighted by Gasteiger charge is 2.31. The molecule has 3 amide bonds. The molecule has 1 fully saturated rings. The summed E-state index contributed by atoms with van der Waals surface area (Å²) in [6.07, 6.45) is 0.179. The number of nitrogens with one attached hydrogen (secondary N) is 4. The van der Waals surface area contributed by atoms with Crippen LogP contribution in [0.15, 0.2) is 0 Å². The van der Waals surface area contributed by atoms with Gasteiger partial charge in [0.2, 0.25) is 17.7 Å². The monoisotopic (exact) mass is 832 g/mol. The summed E-state index contributed by atoms with van der Waals surface area (Å²) >= 11 is 0. The Morgan fingerprint density at radius 2 is 0.845 bits per heavy atom. The van der Waals surface area contributed by atoms with Gasteiger partial charge in [0.15, 0.2) is 0 Å². The first-order valence-corrected chi connectivity index (χ1v) is 19.1. The molecule has 332 valence electrons. The highest BCUT2D eigenvalue weighted by atomic mass is 16.5. The fourth-order valence-corrected chi connectivity index (χ4v) is 5.55. The topological polar surface area (TPSA) is 253 Å². The molecule has 0 saturated carbocycles. The Morgan fingerprint density at radius 1 is 0.483 bits per heavy atom. The summed E-state index contributed by atoms with van der Waals surface area (Å²) in [7, 11) is 7.91. The van der Waals surface area contributed by atoms with Gasteiger partial charge in [-0.05, 0) is 26.4 Å². The van der Waals surface area contributed by atoms with Gasteiger partial charge in [0.05, 0.1) is 74.6 Å². The second kappa shape index (κ2) is 30.6. The van der Waals surface area contributed by atoms with Crippen LogP contribution in [0.2, 0.25) is 0 Å². The third kappa shape index (κ3) is 23.1. The van der Waals surface area contributed by atoms with Crippen molar-refractivity contribution in [2.24, 2.45) is 0 Å². The van der Waals surface area contributed by atoms with Crippen LogP contribution in [0.25, 0.3) is 0 Å². The van der Waals surface area contributed by atoms with Crippen molar-refractivity contribution in [2.75, 3.05) is 147 Å². The van der Waals surface area contributed by atoms with E-state index >= 15 is 0 Å². The summed E-state index contributed by atoms with van der Waals surface area (Å²) in [6.45, 7) is 3.95. The lowest BCUT2D eigenvalue weighted by Crippen LogP contribution is -2.56. The Bertz CT molecular complexity index is 1270. The molecule has 1 aliphatic rings. The molecule has 0 bridgehead atoms. The van der Waals surface area contributed by atoms with E-state index in [0.717, 1.165) is 27.2 Å². The van der Waals surface area contributed by atoms with Crippen LogP contribution >= 0.6 is 0 Å². The number of rotatable bonds is 24. The largest absolute Gasteiger partial charge is 0.469 e. The SMILES string of the molecule is CNCCCOCCCNC(=O)[C@@H](CC(=O)OC)NC(=O)[C@@H](CC(=O)OC)NC(=O)CN1CCN(CC(=O)OC)CCN(CC(=O)OC)CCN(CC(=O)OC)CC1. The van der Waals surface area contributed by atoms with E-state index in [1.165, 1.54) is 21.3 Å². The lowest BCUT2D eigenvalue weighted by atomic mass is 10.1. The number of hydrogen-bond acceptors (Lipinski definition) is 19.